The van der Waals surface area contributed by atoms with E-state index >= 15 is 0 Å². The molecular formula is C19H29N3O2. The summed E-state index contributed by atoms with van der Waals surface area (Å²) in [5.41, 5.74) is 0.823. The first-order valence-corrected chi connectivity index (χ1v) is 8.54. The molecule has 0 spiro atoms. The molecule has 5 heteroatoms. The molecule has 1 aliphatic rings. The van der Waals surface area contributed by atoms with Crippen molar-refractivity contribution in [2.75, 3.05) is 0 Å². The lowest BCUT2D eigenvalue weighted by Gasteiger charge is -2.46. The summed E-state index contributed by atoms with van der Waals surface area (Å²) in [5.74, 6) is -1.14. The van der Waals surface area contributed by atoms with Crippen LogP contribution in [0.25, 0.3) is 0 Å². The second-order valence-corrected chi connectivity index (χ2v) is 8.08. The highest BCUT2D eigenvalue weighted by molar-refractivity contribution is 6.35. The number of benzene rings is 1. The number of carbonyl (C=O) groups is 2. The van der Waals surface area contributed by atoms with Crippen LogP contribution in [0, 0.1) is 0 Å². The first-order chi connectivity index (χ1) is 11.1. The molecule has 1 aromatic carbocycles. The van der Waals surface area contributed by atoms with E-state index in [2.05, 4.69) is 43.6 Å². The van der Waals surface area contributed by atoms with Crippen LogP contribution in [-0.4, -0.2) is 28.9 Å². The third kappa shape index (κ3) is 5.06. The second-order valence-electron chi connectivity index (χ2n) is 8.08. The zero-order valence-corrected chi connectivity index (χ0v) is 15.3. The molecule has 132 valence electrons. The molecule has 0 bridgehead atoms. The number of nitrogens with one attached hydrogen (secondary N) is 3. The molecule has 2 rings (SSSR count). The highest BCUT2D eigenvalue weighted by atomic mass is 16.2. The van der Waals surface area contributed by atoms with Gasteiger partial charge in [-0.15, -0.1) is 0 Å². The third-order valence-electron chi connectivity index (χ3n) is 4.38. The minimum Gasteiger partial charge on any atom is -0.345 e. The first-order valence-electron chi connectivity index (χ1n) is 8.54. The number of carbonyl (C=O) groups excluding carboxylic acids is 2. The number of amides is 2. The number of piperidine rings is 1. The van der Waals surface area contributed by atoms with Crippen molar-refractivity contribution in [1.29, 1.82) is 0 Å². The highest BCUT2D eigenvalue weighted by Gasteiger charge is 2.38. The van der Waals surface area contributed by atoms with Crippen molar-refractivity contribution in [3.63, 3.8) is 0 Å². The van der Waals surface area contributed by atoms with E-state index in [-0.39, 0.29) is 23.2 Å². The molecule has 24 heavy (non-hydrogen) atoms. The Balaban J connectivity index is 1.93. The lowest BCUT2D eigenvalue weighted by atomic mass is 9.79. The van der Waals surface area contributed by atoms with E-state index in [1.807, 2.05) is 37.3 Å². The maximum absolute atomic E-state index is 12.3. The van der Waals surface area contributed by atoms with Gasteiger partial charge in [-0.3, -0.25) is 9.59 Å². The van der Waals surface area contributed by atoms with E-state index < -0.39 is 11.8 Å². The summed E-state index contributed by atoms with van der Waals surface area (Å²) in [5, 5.41) is 9.22. The fraction of sp³-hybridized carbons (Fsp3) is 0.579. The van der Waals surface area contributed by atoms with Crippen LogP contribution in [0.15, 0.2) is 30.3 Å². The van der Waals surface area contributed by atoms with Gasteiger partial charge in [0, 0.05) is 17.1 Å². The molecule has 1 atom stereocenters. The van der Waals surface area contributed by atoms with Gasteiger partial charge in [-0.1, -0.05) is 30.3 Å². The number of hydrogen-bond donors (Lipinski definition) is 3. The molecule has 1 fully saturated rings. The van der Waals surface area contributed by atoms with Crippen LogP contribution >= 0.6 is 0 Å². The SMILES string of the molecule is CC(NC(=O)C(=O)NC1CC(C)(C)NC(C)(C)C1)c1ccccc1. The summed E-state index contributed by atoms with van der Waals surface area (Å²) >= 11 is 0. The Morgan fingerprint density at radius 1 is 1.04 bits per heavy atom. The fourth-order valence-corrected chi connectivity index (χ4v) is 3.76. The predicted molar refractivity (Wildman–Crippen MR) is 95.5 cm³/mol. The van der Waals surface area contributed by atoms with Crippen molar-refractivity contribution >= 4 is 11.8 Å². The molecule has 1 aliphatic heterocycles. The third-order valence-corrected chi connectivity index (χ3v) is 4.38. The van der Waals surface area contributed by atoms with Gasteiger partial charge in [-0.25, -0.2) is 0 Å². The molecule has 0 aromatic heterocycles. The predicted octanol–water partition coefficient (Wildman–Crippen LogP) is 2.29. The Hall–Kier alpha value is -1.88. The van der Waals surface area contributed by atoms with Gasteiger partial charge in [0.1, 0.15) is 0 Å². The van der Waals surface area contributed by atoms with Crippen LogP contribution < -0.4 is 16.0 Å². The van der Waals surface area contributed by atoms with Gasteiger partial charge in [-0.05, 0) is 53.0 Å². The molecule has 1 aromatic rings. The average Bonchev–Trinajstić information content (AvgIpc) is 2.44. The zero-order chi connectivity index (χ0) is 18.0. The monoisotopic (exact) mass is 331 g/mol. The van der Waals surface area contributed by atoms with E-state index in [9.17, 15) is 9.59 Å². The van der Waals surface area contributed by atoms with Crippen LogP contribution in [-0.2, 0) is 9.59 Å². The smallest absolute Gasteiger partial charge is 0.309 e. The van der Waals surface area contributed by atoms with Gasteiger partial charge in [-0.2, -0.15) is 0 Å². The Bertz CT molecular complexity index is 580. The number of rotatable bonds is 3. The van der Waals surface area contributed by atoms with Crippen molar-refractivity contribution in [2.45, 2.75) is 70.6 Å². The molecule has 1 heterocycles. The second kappa shape index (κ2) is 6.93. The van der Waals surface area contributed by atoms with Crippen LogP contribution in [0.5, 0.6) is 0 Å². The van der Waals surface area contributed by atoms with Gasteiger partial charge in [0.2, 0.25) is 0 Å². The minimum absolute atomic E-state index is 0.0125. The van der Waals surface area contributed by atoms with E-state index in [1.165, 1.54) is 0 Å². The quantitative estimate of drug-likeness (QED) is 0.744. The minimum atomic E-state index is -0.583. The summed E-state index contributed by atoms with van der Waals surface area (Å²) in [6.45, 7) is 10.3. The Labute approximate surface area is 144 Å². The van der Waals surface area contributed by atoms with E-state index in [0.29, 0.717) is 0 Å². The summed E-state index contributed by atoms with van der Waals surface area (Å²) in [4.78, 5) is 24.4. The van der Waals surface area contributed by atoms with E-state index in [0.717, 1.165) is 18.4 Å². The standard InChI is InChI=1S/C19H29N3O2/c1-13(14-9-7-6-8-10-14)20-16(23)17(24)21-15-11-18(2,3)22-19(4,5)12-15/h6-10,13,15,22H,11-12H2,1-5H3,(H,20,23)(H,21,24). The zero-order valence-electron chi connectivity index (χ0n) is 15.3. The van der Waals surface area contributed by atoms with E-state index in [1.54, 1.807) is 0 Å². The number of hydrogen-bond acceptors (Lipinski definition) is 3. The van der Waals surface area contributed by atoms with Crippen molar-refractivity contribution in [3.05, 3.63) is 35.9 Å². The molecule has 1 saturated heterocycles. The molecule has 0 saturated carbocycles. The Morgan fingerprint density at radius 2 is 1.58 bits per heavy atom. The molecule has 0 aliphatic carbocycles. The normalized spacial score (nSPS) is 20.9. The maximum atomic E-state index is 12.3. The summed E-state index contributed by atoms with van der Waals surface area (Å²) in [6.07, 6.45) is 1.59. The van der Waals surface area contributed by atoms with Crippen LogP contribution in [0.4, 0.5) is 0 Å². The van der Waals surface area contributed by atoms with Crippen LogP contribution in [0.1, 0.15) is 59.1 Å². The van der Waals surface area contributed by atoms with Gasteiger partial charge < -0.3 is 16.0 Å². The van der Waals surface area contributed by atoms with Crippen molar-refractivity contribution in [3.8, 4) is 0 Å². The Morgan fingerprint density at radius 3 is 2.12 bits per heavy atom. The molecular weight excluding hydrogens is 302 g/mol. The van der Waals surface area contributed by atoms with E-state index in [4.69, 9.17) is 0 Å². The largest absolute Gasteiger partial charge is 0.345 e. The first kappa shape index (κ1) is 18.5. The molecule has 0 radical (unpaired) electrons. The average molecular weight is 331 g/mol. The molecule has 2 amide bonds. The maximum Gasteiger partial charge on any atom is 0.309 e. The van der Waals surface area contributed by atoms with Crippen LogP contribution in [0.2, 0.25) is 0 Å². The summed E-state index contributed by atoms with van der Waals surface area (Å²) in [6, 6.07) is 9.40. The van der Waals surface area contributed by atoms with Gasteiger partial charge >= 0.3 is 11.8 Å². The summed E-state index contributed by atoms with van der Waals surface area (Å²) in [7, 11) is 0. The summed E-state index contributed by atoms with van der Waals surface area (Å²) < 4.78 is 0. The topological polar surface area (TPSA) is 70.2 Å². The van der Waals surface area contributed by atoms with Crippen molar-refractivity contribution < 1.29 is 9.59 Å². The van der Waals surface area contributed by atoms with Gasteiger partial charge in [0.05, 0.1) is 6.04 Å². The molecule has 3 N–H and O–H groups in total. The van der Waals surface area contributed by atoms with Crippen molar-refractivity contribution in [1.82, 2.24) is 16.0 Å². The van der Waals surface area contributed by atoms with Crippen molar-refractivity contribution in [2.24, 2.45) is 0 Å². The van der Waals surface area contributed by atoms with Crippen LogP contribution in [0.3, 0.4) is 0 Å². The molecule has 1 unspecified atom stereocenters. The van der Waals surface area contributed by atoms with Gasteiger partial charge in [0.15, 0.2) is 0 Å². The highest BCUT2D eigenvalue weighted by Crippen LogP contribution is 2.28. The fourth-order valence-electron chi connectivity index (χ4n) is 3.76. The van der Waals surface area contributed by atoms with Gasteiger partial charge in [0.25, 0.3) is 0 Å². The lowest BCUT2D eigenvalue weighted by molar-refractivity contribution is -0.140. The lowest BCUT2D eigenvalue weighted by Crippen LogP contribution is -2.62. The Kier molecular flexibility index (Phi) is 5.33. The molecule has 5 nitrogen and oxygen atoms in total.